The lowest BCUT2D eigenvalue weighted by Gasteiger charge is -2.25. The summed E-state index contributed by atoms with van der Waals surface area (Å²) in [7, 11) is 4.79. The highest BCUT2D eigenvalue weighted by Crippen LogP contribution is 2.25. The molecule has 0 radical (unpaired) electrons. The summed E-state index contributed by atoms with van der Waals surface area (Å²) < 4.78 is 10.4. The van der Waals surface area contributed by atoms with Crippen molar-refractivity contribution in [1.82, 2.24) is 4.90 Å². The summed E-state index contributed by atoms with van der Waals surface area (Å²) in [5.74, 6) is 0.997. The average molecular weight is 267 g/mol. The third-order valence-electron chi connectivity index (χ3n) is 2.77. The minimum atomic E-state index is -1.38. The molecular formula is C14H21NO4. The van der Waals surface area contributed by atoms with E-state index in [2.05, 4.69) is 0 Å². The topological polar surface area (TPSA) is 59.0 Å². The molecule has 0 heterocycles. The lowest BCUT2D eigenvalue weighted by molar-refractivity contribution is -0.147. The highest BCUT2D eigenvalue weighted by Gasteiger charge is 2.27. The largest absolute Gasteiger partial charge is 0.497 e. The van der Waals surface area contributed by atoms with Gasteiger partial charge in [-0.2, -0.15) is 0 Å². The number of carbonyl (C=O) groups excluding carboxylic acids is 1. The van der Waals surface area contributed by atoms with Gasteiger partial charge in [-0.25, -0.2) is 0 Å². The van der Waals surface area contributed by atoms with Gasteiger partial charge in [0, 0.05) is 25.2 Å². The molecule has 106 valence electrons. The van der Waals surface area contributed by atoms with E-state index in [1.807, 2.05) is 6.07 Å². The van der Waals surface area contributed by atoms with Crippen LogP contribution in [0, 0.1) is 0 Å². The van der Waals surface area contributed by atoms with Crippen LogP contribution in [0.2, 0.25) is 0 Å². The van der Waals surface area contributed by atoms with E-state index in [1.54, 1.807) is 33.4 Å². The second-order valence-corrected chi connectivity index (χ2v) is 4.90. The van der Waals surface area contributed by atoms with Gasteiger partial charge in [0.1, 0.15) is 17.1 Å². The molecule has 0 saturated carbocycles. The van der Waals surface area contributed by atoms with Gasteiger partial charge >= 0.3 is 0 Å². The molecule has 5 nitrogen and oxygen atoms in total. The quantitative estimate of drug-likeness (QED) is 0.877. The third-order valence-corrected chi connectivity index (χ3v) is 2.77. The van der Waals surface area contributed by atoms with Crippen LogP contribution in [0.4, 0.5) is 0 Å². The zero-order chi connectivity index (χ0) is 14.6. The summed E-state index contributed by atoms with van der Waals surface area (Å²) in [6.45, 7) is 3.30. The Morgan fingerprint density at radius 3 is 2.42 bits per heavy atom. The molecule has 0 bridgehead atoms. The lowest BCUT2D eigenvalue weighted by atomic mass is 10.1. The van der Waals surface area contributed by atoms with Crippen LogP contribution >= 0.6 is 0 Å². The molecule has 1 aromatic carbocycles. The van der Waals surface area contributed by atoms with Crippen LogP contribution in [-0.4, -0.2) is 42.8 Å². The number of amides is 1. The minimum absolute atomic E-state index is 0.342. The molecule has 0 spiro atoms. The van der Waals surface area contributed by atoms with Gasteiger partial charge in [0.2, 0.25) is 0 Å². The van der Waals surface area contributed by atoms with Crippen LogP contribution in [0.1, 0.15) is 19.4 Å². The maximum atomic E-state index is 11.9. The Hall–Kier alpha value is -1.75. The maximum Gasteiger partial charge on any atom is 0.253 e. The van der Waals surface area contributed by atoms with Gasteiger partial charge in [-0.05, 0) is 26.0 Å². The van der Waals surface area contributed by atoms with Crippen molar-refractivity contribution in [1.29, 1.82) is 0 Å². The first kappa shape index (κ1) is 15.3. The van der Waals surface area contributed by atoms with Crippen molar-refractivity contribution in [3.63, 3.8) is 0 Å². The van der Waals surface area contributed by atoms with Gasteiger partial charge in [0.15, 0.2) is 0 Å². The molecule has 0 aliphatic rings. The lowest BCUT2D eigenvalue weighted by Crippen LogP contribution is -2.42. The standard InChI is InChI=1S/C14H21NO4/c1-14(2,17)13(16)15(3)9-10-6-7-11(18-4)8-12(10)19-5/h6-8,17H,9H2,1-5H3. The number of aliphatic hydroxyl groups is 1. The minimum Gasteiger partial charge on any atom is -0.497 e. The van der Waals surface area contributed by atoms with Crippen molar-refractivity contribution in [3.8, 4) is 11.5 Å². The average Bonchev–Trinajstić information content (AvgIpc) is 2.37. The van der Waals surface area contributed by atoms with E-state index < -0.39 is 5.60 Å². The zero-order valence-corrected chi connectivity index (χ0v) is 12.1. The molecule has 0 aliphatic heterocycles. The highest BCUT2D eigenvalue weighted by atomic mass is 16.5. The van der Waals surface area contributed by atoms with E-state index in [0.29, 0.717) is 18.0 Å². The fourth-order valence-electron chi connectivity index (χ4n) is 1.78. The molecule has 0 unspecified atom stereocenters. The maximum absolute atomic E-state index is 11.9. The molecule has 0 aliphatic carbocycles. The SMILES string of the molecule is COc1ccc(CN(C)C(=O)C(C)(C)O)c(OC)c1. The fourth-order valence-corrected chi connectivity index (χ4v) is 1.78. The van der Waals surface area contributed by atoms with Crippen molar-refractivity contribution in [3.05, 3.63) is 23.8 Å². The zero-order valence-electron chi connectivity index (χ0n) is 12.1. The summed E-state index contributed by atoms with van der Waals surface area (Å²) in [4.78, 5) is 13.4. The molecule has 1 rings (SSSR count). The first-order valence-corrected chi connectivity index (χ1v) is 5.98. The van der Waals surface area contributed by atoms with Gasteiger partial charge in [-0.1, -0.05) is 0 Å². The number of hydrogen-bond acceptors (Lipinski definition) is 4. The Labute approximate surface area is 113 Å². The second-order valence-electron chi connectivity index (χ2n) is 4.90. The van der Waals surface area contributed by atoms with Crippen LogP contribution in [0.5, 0.6) is 11.5 Å². The third kappa shape index (κ3) is 3.86. The van der Waals surface area contributed by atoms with Crippen molar-refractivity contribution in [2.24, 2.45) is 0 Å². The van der Waals surface area contributed by atoms with Crippen molar-refractivity contribution < 1.29 is 19.4 Å². The number of methoxy groups -OCH3 is 2. The summed E-state index contributed by atoms with van der Waals surface area (Å²) >= 11 is 0. The Morgan fingerprint density at radius 2 is 1.95 bits per heavy atom. The Kier molecular flexibility index (Phi) is 4.78. The second kappa shape index (κ2) is 5.93. The highest BCUT2D eigenvalue weighted by molar-refractivity contribution is 5.83. The molecule has 0 atom stereocenters. The first-order chi connectivity index (χ1) is 8.79. The van der Waals surface area contributed by atoms with Gasteiger partial charge < -0.3 is 19.5 Å². The van der Waals surface area contributed by atoms with E-state index in [0.717, 1.165) is 5.56 Å². The summed E-state index contributed by atoms with van der Waals surface area (Å²) in [5.41, 5.74) is -0.530. The summed E-state index contributed by atoms with van der Waals surface area (Å²) in [5, 5.41) is 9.70. The van der Waals surface area contributed by atoms with Crippen molar-refractivity contribution >= 4 is 5.91 Å². The first-order valence-electron chi connectivity index (χ1n) is 5.98. The van der Waals surface area contributed by atoms with E-state index in [9.17, 15) is 9.90 Å². The smallest absolute Gasteiger partial charge is 0.253 e. The van der Waals surface area contributed by atoms with Crippen LogP contribution < -0.4 is 9.47 Å². The predicted octanol–water partition coefficient (Wildman–Crippen LogP) is 1.43. The molecule has 5 heteroatoms. The van der Waals surface area contributed by atoms with E-state index >= 15 is 0 Å². The Bertz CT molecular complexity index is 451. The summed E-state index contributed by atoms with van der Waals surface area (Å²) in [6.07, 6.45) is 0. The fraction of sp³-hybridized carbons (Fsp3) is 0.500. The van der Waals surface area contributed by atoms with Crippen molar-refractivity contribution in [2.75, 3.05) is 21.3 Å². The number of rotatable bonds is 5. The molecule has 0 fully saturated rings. The van der Waals surface area contributed by atoms with Gasteiger partial charge in [0.05, 0.1) is 14.2 Å². The van der Waals surface area contributed by atoms with Gasteiger partial charge in [-0.3, -0.25) is 4.79 Å². The number of benzene rings is 1. The van der Waals surface area contributed by atoms with Crippen LogP contribution in [-0.2, 0) is 11.3 Å². The Balaban J connectivity index is 2.90. The van der Waals surface area contributed by atoms with E-state index in [4.69, 9.17) is 9.47 Å². The normalized spacial score (nSPS) is 11.1. The molecule has 19 heavy (non-hydrogen) atoms. The molecule has 1 N–H and O–H groups in total. The number of carbonyl (C=O) groups is 1. The number of hydrogen-bond donors (Lipinski definition) is 1. The van der Waals surface area contributed by atoms with Gasteiger partial charge in [-0.15, -0.1) is 0 Å². The van der Waals surface area contributed by atoms with Gasteiger partial charge in [0.25, 0.3) is 5.91 Å². The molecule has 1 aromatic rings. The molecular weight excluding hydrogens is 246 g/mol. The number of ether oxygens (including phenoxy) is 2. The monoisotopic (exact) mass is 267 g/mol. The van der Waals surface area contributed by atoms with Crippen LogP contribution in [0.25, 0.3) is 0 Å². The van der Waals surface area contributed by atoms with E-state index in [-0.39, 0.29) is 5.91 Å². The molecule has 1 amide bonds. The van der Waals surface area contributed by atoms with Crippen LogP contribution in [0.3, 0.4) is 0 Å². The Morgan fingerprint density at radius 1 is 1.32 bits per heavy atom. The summed E-state index contributed by atoms with van der Waals surface area (Å²) in [6, 6.07) is 5.41. The molecule has 0 saturated heterocycles. The number of nitrogens with zero attached hydrogens (tertiary/aromatic N) is 1. The predicted molar refractivity (Wildman–Crippen MR) is 72.3 cm³/mol. The van der Waals surface area contributed by atoms with Crippen LogP contribution in [0.15, 0.2) is 18.2 Å². The number of likely N-dealkylation sites (N-methyl/N-ethyl adjacent to an activating group) is 1. The van der Waals surface area contributed by atoms with E-state index in [1.165, 1.54) is 18.7 Å². The van der Waals surface area contributed by atoms with Crippen molar-refractivity contribution in [2.45, 2.75) is 26.0 Å². The molecule has 0 aromatic heterocycles.